The van der Waals surface area contributed by atoms with Crippen LogP contribution in [-0.4, -0.2) is 19.1 Å². The zero-order valence-electron chi connectivity index (χ0n) is 10.0. The van der Waals surface area contributed by atoms with E-state index < -0.39 is 0 Å². The van der Waals surface area contributed by atoms with Crippen molar-refractivity contribution in [2.24, 2.45) is 5.92 Å². The molecule has 0 amide bonds. The number of nitrogens with one attached hydrogen (secondary N) is 1. The molecule has 0 aromatic carbocycles. The molecule has 0 bridgehead atoms. The molecule has 0 aliphatic carbocycles. The normalized spacial score (nSPS) is 14.4. The average molecular weight is 225 g/mol. The van der Waals surface area contributed by atoms with Gasteiger partial charge in [-0.25, -0.2) is 0 Å². The van der Waals surface area contributed by atoms with Crippen molar-refractivity contribution in [3.63, 3.8) is 0 Å². The molecule has 1 N–H and O–H groups in total. The van der Waals surface area contributed by atoms with Crippen molar-refractivity contribution in [1.29, 1.82) is 0 Å². The van der Waals surface area contributed by atoms with Gasteiger partial charge in [0.25, 0.3) is 0 Å². The van der Waals surface area contributed by atoms with E-state index in [0.717, 1.165) is 12.0 Å². The van der Waals surface area contributed by atoms with E-state index >= 15 is 0 Å². The molecule has 0 aliphatic heterocycles. The Kier molecular flexibility index (Phi) is 5.05. The largest absolute Gasteiger partial charge is 0.472 e. The molecule has 4 nitrogen and oxygen atoms in total. The number of rotatable bonds is 6. The molecule has 1 aromatic rings. The van der Waals surface area contributed by atoms with Gasteiger partial charge in [0.2, 0.25) is 0 Å². The van der Waals surface area contributed by atoms with Crippen LogP contribution in [0.3, 0.4) is 0 Å². The first-order valence-corrected chi connectivity index (χ1v) is 5.51. The summed E-state index contributed by atoms with van der Waals surface area (Å²) in [5, 5.41) is 3.19. The predicted molar refractivity (Wildman–Crippen MR) is 60.8 cm³/mol. The Balaban J connectivity index is 2.53. The van der Waals surface area contributed by atoms with Crippen LogP contribution in [0, 0.1) is 5.92 Å². The summed E-state index contributed by atoms with van der Waals surface area (Å²) >= 11 is 0. The number of furan rings is 1. The minimum atomic E-state index is -0.259. The molecule has 0 aliphatic rings. The minimum Gasteiger partial charge on any atom is -0.472 e. The second kappa shape index (κ2) is 6.33. The van der Waals surface area contributed by atoms with Crippen molar-refractivity contribution in [2.75, 3.05) is 7.11 Å². The monoisotopic (exact) mass is 225 g/mol. The molecule has 0 saturated carbocycles. The summed E-state index contributed by atoms with van der Waals surface area (Å²) in [5.74, 6) is 0.0391. The maximum atomic E-state index is 11.6. The van der Waals surface area contributed by atoms with Gasteiger partial charge in [-0.05, 0) is 12.0 Å². The highest BCUT2D eigenvalue weighted by Crippen LogP contribution is 2.10. The number of hydrogen-bond acceptors (Lipinski definition) is 4. The lowest BCUT2D eigenvalue weighted by molar-refractivity contribution is -0.144. The van der Waals surface area contributed by atoms with Gasteiger partial charge in [-0.15, -0.1) is 0 Å². The fourth-order valence-corrected chi connectivity index (χ4v) is 1.50. The number of hydrogen-bond donors (Lipinski definition) is 1. The van der Waals surface area contributed by atoms with Crippen LogP contribution in [0.4, 0.5) is 0 Å². The molecule has 2 atom stereocenters. The maximum absolute atomic E-state index is 11.6. The number of methoxy groups -OCH3 is 1. The van der Waals surface area contributed by atoms with Crippen molar-refractivity contribution in [1.82, 2.24) is 5.32 Å². The van der Waals surface area contributed by atoms with E-state index in [0.29, 0.717) is 6.54 Å². The molecule has 0 radical (unpaired) electrons. The number of esters is 1. The Bertz CT molecular complexity index is 308. The first-order valence-electron chi connectivity index (χ1n) is 5.51. The summed E-state index contributed by atoms with van der Waals surface area (Å²) in [5.41, 5.74) is 1.03. The highest BCUT2D eigenvalue weighted by molar-refractivity contribution is 5.75. The van der Waals surface area contributed by atoms with Crippen LogP contribution in [0.1, 0.15) is 25.8 Å². The van der Waals surface area contributed by atoms with Gasteiger partial charge in [-0.3, -0.25) is 10.1 Å². The third kappa shape index (κ3) is 3.38. The fourth-order valence-electron chi connectivity index (χ4n) is 1.50. The third-order valence-electron chi connectivity index (χ3n) is 2.77. The summed E-state index contributed by atoms with van der Waals surface area (Å²) in [7, 11) is 1.41. The smallest absolute Gasteiger partial charge is 0.323 e. The Morgan fingerprint density at radius 1 is 1.62 bits per heavy atom. The number of carbonyl (C=O) groups is 1. The highest BCUT2D eigenvalue weighted by atomic mass is 16.5. The summed E-state index contributed by atoms with van der Waals surface area (Å²) in [6, 6.07) is 1.61. The van der Waals surface area contributed by atoms with Crippen molar-refractivity contribution in [3.8, 4) is 0 Å². The van der Waals surface area contributed by atoms with Gasteiger partial charge in [0.15, 0.2) is 0 Å². The van der Waals surface area contributed by atoms with Crippen LogP contribution in [0.25, 0.3) is 0 Å². The first kappa shape index (κ1) is 12.8. The molecule has 1 aromatic heterocycles. The number of carbonyl (C=O) groups excluding carboxylic acids is 1. The second-order valence-corrected chi connectivity index (χ2v) is 3.90. The molecular formula is C12H19NO3. The second-order valence-electron chi connectivity index (χ2n) is 3.90. The molecular weight excluding hydrogens is 206 g/mol. The lowest BCUT2D eigenvalue weighted by Gasteiger charge is -2.21. The average Bonchev–Trinajstić information content (AvgIpc) is 2.81. The van der Waals surface area contributed by atoms with Gasteiger partial charge >= 0.3 is 5.97 Å². The van der Waals surface area contributed by atoms with Gasteiger partial charge < -0.3 is 9.15 Å². The maximum Gasteiger partial charge on any atom is 0.323 e. The fraction of sp³-hybridized carbons (Fsp3) is 0.583. The van der Waals surface area contributed by atoms with Crippen LogP contribution in [0.2, 0.25) is 0 Å². The Labute approximate surface area is 96.0 Å². The molecule has 2 unspecified atom stereocenters. The summed E-state index contributed by atoms with van der Waals surface area (Å²) < 4.78 is 9.74. The lowest BCUT2D eigenvalue weighted by Crippen LogP contribution is -2.42. The summed E-state index contributed by atoms with van der Waals surface area (Å²) in [6.45, 7) is 4.70. The lowest BCUT2D eigenvalue weighted by atomic mass is 9.99. The van der Waals surface area contributed by atoms with E-state index in [2.05, 4.69) is 12.2 Å². The van der Waals surface area contributed by atoms with Crippen molar-refractivity contribution in [3.05, 3.63) is 24.2 Å². The third-order valence-corrected chi connectivity index (χ3v) is 2.77. The predicted octanol–water partition coefficient (Wildman–Crippen LogP) is 1.96. The van der Waals surface area contributed by atoms with Gasteiger partial charge in [0, 0.05) is 12.1 Å². The number of ether oxygens (including phenoxy) is 1. The van der Waals surface area contributed by atoms with Gasteiger partial charge in [0.05, 0.1) is 19.6 Å². The van der Waals surface area contributed by atoms with E-state index in [4.69, 9.17) is 9.15 Å². The Hall–Kier alpha value is -1.29. The molecule has 1 heterocycles. The zero-order valence-corrected chi connectivity index (χ0v) is 10.0. The van der Waals surface area contributed by atoms with Crippen LogP contribution < -0.4 is 5.32 Å². The summed E-state index contributed by atoms with van der Waals surface area (Å²) in [4.78, 5) is 11.6. The standard InChI is InChI=1S/C12H19NO3/c1-4-9(2)11(12(14)15-3)13-7-10-5-6-16-8-10/h5-6,8-9,11,13H,4,7H2,1-3H3. The molecule has 4 heteroatoms. The van der Waals surface area contributed by atoms with Crippen molar-refractivity contribution >= 4 is 5.97 Å². The van der Waals surface area contributed by atoms with Gasteiger partial charge in [-0.2, -0.15) is 0 Å². The van der Waals surface area contributed by atoms with Crippen LogP contribution in [0.5, 0.6) is 0 Å². The molecule has 1 rings (SSSR count). The zero-order chi connectivity index (χ0) is 12.0. The Morgan fingerprint density at radius 3 is 2.88 bits per heavy atom. The quantitative estimate of drug-likeness (QED) is 0.752. The molecule has 0 fully saturated rings. The molecule has 16 heavy (non-hydrogen) atoms. The van der Waals surface area contributed by atoms with E-state index in [1.807, 2.05) is 13.0 Å². The SMILES string of the molecule is CCC(C)C(NCc1ccoc1)C(=O)OC. The minimum absolute atomic E-state index is 0.210. The van der Waals surface area contributed by atoms with Crippen molar-refractivity contribution < 1.29 is 13.9 Å². The van der Waals surface area contributed by atoms with E-state index in [-0.39, 0.29) is 17.9 Å². The van der Waals surface area contributed by atoms with Crippen LogP contribution in [0.15, 0.2) is 23.0 Å². The Morgan fingerprint density at radius 2 is 2.38 bits per heavy atom. The van der Waals surface area contributed by atoms with Crippen molar-refractivity contribution in [2.45, 2.75) is 32.9 Å². The van der Waals surface area contributed by atoms with Crippen LogP contribution in [-0.2, 0) is 16.1 Å². The van der Waals surface area contributed by atoms with E-state index in [9.17, 15) is 4.79 Å². The van der Waals surface area contributed by atoms with E-state index in [1.54, 1.807) is 12.5 Å². The van der Waals surface area contributed by atoms with E-state index in [1.165, 1.54) is 7.11 Å². The molecule has 0 spiro atoms. The van der Waals surface area contributed by atoms with Gasteiger partial charge in [-0.1, -0.05) is 20.3 Å². The molecule has 0 saturated heterocycles. The molecule has 90 valence electrons. The first-order chi connectivity index (χ1) is 7.69. The topological polar surface area (TPSA) is 51.5 Å². The van der Waals surface area contributed by atoms with Crippen LogP contribution >= 0.6 is 0 Å². The highest BCUT2D eigenvalue weighted by Gasteiger charge is 2.24. The van der Waals surface area contributed by atoms with Gasteiger partial charge in [0.1, 0.15) is 6.04 Å². The summed E-state index contributed by atoms with van der Waals surface area (Å²) in [6.07, 6.45) is 4.21.